The Kier molecular flexibility index (Phi) is 3.79. The molecule has 0 amide bonds. The summed E-state index contributed by atoms with van der Waals surface area (Å²) in [5.41, 5.74) is 1.84. The van der Waals surface area contributed by atoms with Crippen molar-refractivity contribution in [2.75, 3.05) is 31.3 Å². The molecule has 0 bridgehead atoms. The Hall–Kier alpha value is -1.71. The number of methoxy groups -OCH3 is 1. The average Bonchev–Trinajstić information content (AvgIpc) is 2.26. The van der Waals surface area contributed by atoms with E-state index in [0.29, 0.717) is 0 Å². The third-order valence-electron chi connectivity index (χ3n) is 1.85. The molecule has 1 rings (SSSR count). The number of carbonyl (C=O) groups excluding carboxylic acids is 1. The van der Waals surface area contributed by atoms with E-state index in [1.54, 1.807) is 0 Å². The lowest BCUT2D eigenvalue weighted by molar-refractivity contribution is -0.138. The van der Waals surface area contributed by atoms with E-state index in [-0.39, 0.29) is 12.5 Å². The number of rotatable bonds is 4. The van der Waals surface area contributed by atoms with Crippen LogP contribution in [0.3, 0.4) is 0 Å². The topological polar surface area (TPSA) is 50.4 Å². The highest BCUT2D eigenvalue weighted by molar-refractivity contribution is 5.78. The van der Waals surface area contributed by atoms with Crippen molar-refractivity contribution in [2.24, 2.45) is 0 Å². The van der Waals surface area contributed by atoms with Crippen molar-refractivity contribution < 1.29 is 9.53 Å². The molecule has 1 aromatic carbocycles. The van der Waals surface area contributed by atoms with E-state index < -0.39 is 0 Å². The highest BCUT2D eigenvalue weighted by Crippen LogP contribution is 2.19. The number of nitrogens with one attached hydrogen (secondary N) is 2. The summed E-state index contributed by atoms with van der Waals surface area (Å²) in [6.45, 7) is 0.176. The maximum atomic E-state index is 10.9. The summed E-state index contributed by atoms with van der Waals surface area (Å²) in [5.74, 6) is -0.282. The van der Waals surface area contributed by atoms with Crippen molar-refractivity contribution in [3.05, 3.63) is 24.3 Å². The summed E-state index contributed by atoms with van der Waals surface area (Å²) in [5, 5.41) is 6.00. The van der Waals surface area contributed by atoms with Gasteiger partial charge in [0.25, 0.3) is 0 Å². The summed E-state index contributed by atoms with van der Waals surface area (Å²) < 4.78 is 4.52. The number of anilines is 2. The summed E-state index contributed by atoms with van der Waals surface area (Å²) in [7, 11) is 3.20. The Balaban J connectivity index is 2.61. The van der Waals surface area contributed by atoms with Gasteiger partial charge in [-0.05, 0) is 12.1 Å². The van der Waals surface area contributed by atoms with Crippen LogP contribution in [0.2, 0.25) is 0 Å². The Morgan fingerprint density at radius 2 is 2.00 bits per heavy atom. The van der Waals surface area contributed by atoms with Crippen molar-refractivity contribution in [1.29, 1.82) is 0 Å². The fourth-order valence-corrected chi connectivity index (χ4v) is 1.09. The zero-order valence-corrected chi connectivity index (χ0v) is 8.33. The fraction of sp³-hybridized carbons (Fsp3) is 0.300. The van der Waals surface area contributed by atoms with Crippen LogP contribution in [0, 0.1) is 0 Å². The fourth-order valence-electron chi connectivity index (χ4n) is 1.09. The van der Waals surface area contributed by atoms with Gasteiger partial charge < -0.3 is 15.4 Å². The lowest BCUT2D eigenvalue weighted by Crippen LogP contribution is -2.15. The first-order chi connectivity index (χ1) is 6.77. The van der Waals surface area contributed by atoms with E-state index in [1.165, 1.54) is 7.11 Å². The van der Waals surface area contributed by atoms with Crippen LogP contribution in [0.25, 0.3) is 0 Å². The molecule has 2 N–H and O–H groups in total. The molecule has 0 aliphatic heterocycles. The predicted molar refractivity (Wildman–Crippen MR) is 56.5 cm³/mol. The highest BCUT2D eigenvalue weighted by Gasteiger charge is 2.02. The van der Waals surface area contributed by atoms with Gasteiger partial charge in [-0.2, -0.15) is 0 Å². The molecule has 4 heteroatoms. The van der Waals surface area contributed by atoms with Gasteiger partial charge in [0.05, 0.1) is 18.5 Å². The van der Waals surface area contributed by atoms with Crippen molar-refractivity contribution in [2.45, 2.75) is 0 Å². The van der Waals surface area contributed by atoms with Crippen LogP contribution in [-0.4, -0.2) is 26.7 Å². The van der Waals surface area contributed by atoms with Crippen molar-refractivity contribution in [3.8, 4) is 0 Å². The van der Waals surface area contributed by atoms with Crippen LogP contribution in [0.1, 0.15) is 0 Å². The van der Waals surface area contributed by atoms with Crippen LogP contribution >= 0.6 is 0 Å². The molecule has 0 fully saturated rings. The molecule has 0 saturated carbocycles. The third-order valence-corrected chi connectivity index (χ3v) is 1.85. The second-order valence-electron chi connectivity index (χ2n) is 2.73. The number of hydrogen-bond acceptors (Lipinski definition) is 4. The molecule has 0 aliphatic rings. The predicted octanol–water partition coefficient (Wildman–Crippen LogP) is 1.31. The first kappa shape index (κ1) is 10.4. The molecule has 14 heavy (non-hydrogen) atoms. The minimum absolute atomic E-state index is 0.176. The lowest BCUT2D eigenvalue weighted by atomic mass is 10.2. The van der Waals surface area contributed by atoms with Crippen LogP contribution in [0.4, 0.5) is 11.4 Å². The van der Waals surface area contributed by atoms with Crippen LogP contribution < -0.4 is 10.6 Å². The van der Waals surface area contributed by atoms with Gasteiger partial charge in [0.1, 0.15) is 6.54 Å². The number of benzene rings is 1. The third kappa shape index (κ3) is 2.65. The van der Waals surface area contributed by atoms with Gasteiger partial charge in [-0.1, -0.05) is 12.1 Å². The Morgan fingerprint density at radius 3 is 2.57 bits per heavy atom. The zero-order valence-electron chi connectivity index (χ0n) is 8.33. The van der Waals surface area contributed by atoms with Gasteiger partial charge in [-0.25, -0.2) is 0 Å². The molecular weight excluding hydrogens is 180 g/mol. The standard InChI is InChI=1S/C10H14N2O2/c1-11-8-5-3-4-6-9(8)12-7-10(13)14-2/h3-6,11-12H,7H2,1-2H3. The van der Waals surface area contributed by atoms with E-state index in [4.69, 9.17) is 0 Å². The molecule has 0 saturated heterocycles. The summed E-state index contributed by atoms with van der Waals surface area (Å²) in [6.07, 6.45) is 0. The second kappa shape index (κ2) is 5.11. The van der Waals surface area contributed by atoms with Gasteiger partial charge in [0.2, 0.25) is 0 Å². The molecule has 76 valence electrons. The van der Waals surface area contributed by atoms with Crippen LogP contribution in [0.5, 0.6) is 0 Å². The van der Waals surface area contributed by atoms with Crippen molar-refractivity contribution in [1.82, 2.24) is 0 Å². The smallest absolute Gasteiger partial charge is 0.325 e. The zero-order chi connectivity index (χ0) is 10.4. The van der Waals surface area contributed by atoms with Gasteiger partial charge in [0.15, 0.2) is 0 Å². The molecule has 0 atom stereocenters. The minimum atomic E-state index is -0.282. The SMILES string of the molecule is CNc1ccccc1NCC(=O)OC. The lowest BCUT2D eigenvalue weighted by Gasteiger charge is -2.09. The molecule has 0 radical (unpaired) electrons. The number of esters is 1. The molecule has 0 unspecified atom stereocenters. The molecular formula is C10H14N2O2. The largest absolute Gasteiger partial charge is 0.468 e. The normalized spacial score (nSPS) is 9.29. The first-order valence-electron chi connectivity index (χ1n) is 4.35. The Bertz CT molecular complexity index is 313. The summed E-state index contributed by atoms with van der Waals surface area (Å²) in [4.78, 5) is 10.9. The molecule has 1 aromatic rings. The van der Waals surface area contributed by atoms with E-state index in [2.05, 4.69) is 15.4 Å². The Labute approximate surface area is 83.3 Å². The Morgan fingerprint density at radius 1 is 1.36 bits per heavy atom. The highest BCUT2D eigenvalue weighted by atomic mass is 16.5. The monoisotopic (exact) mass is 194 g/mol. The van der Waals surface area contributed by atoms with Gasteiger partial charge in [-0.15, -0.1) is 0 Å². The maximum Gasteiger partial charge on any atom is 0.325 e. The van der Waals surface area contributed by atoms with Gasteiger partial charge in [0, 0.05) is 7.05 Å². The van der Waals surface area contributed by atoms with E-state index in [1.807, 2.05) is 31.3 Å². The van der Waals surface area contributed by atoms with Crippen LogP contribution in [-0.2, 0) is 9.53 Å². The molecule has 0 aliphatic carbocycles. The van der Waals surface area contributed by atoms with E-state index in [0.717, 1.165) is 11.4 Å². The number of para-hydroxylation sites is 2. The van der Waals surface area contributed by atoms with Crippen molar-refractivity contribution in [3.63, 3.8) is 0 Å². The van der Waals surface area contributed by atoms with Gasteiger partial charge in [-0.3, -0.25) is 4.79 Å². The maximum absolute atomic E-state index is 10.9. The molecule has 0 aromatic heterocycles. The van der Waals surface area contributed by atoms with Crippen LogP contribution in [0.15, 0.2) is 24.3 Å². The molecule has 0 spiro atoms. The average molecular weight is 194 g/mol. The number of ether oxygens (including phenoxy) is 1. The van der Waals surface area contributed by atoms with E-state index >= 15 is 0 Å². The minimum Gasteiger partial charge on any atom is -0.468 e. The summed E-state index contributed by atoms with van der Waals surface area (Å²) in [6, 6.07) is 7.66. The summed E-state index contributed by atoms with van der Waals surface area (Å²) >= 11 is 0. The number of hydrogen-bond donors (Lipinski definition) is 2. The van der Waals surface area contributed by atoms with E-state index in [9.17, 15) is 4.79 Å². The van der Waals surface area contributed by atoms with Crippen molar-refractivity contribution >= 4 is 17.3 Å². The molecule has 0 heterocycles. The quantitative estimate of drug-likeness (QED) is 0.710. The van der Waals surface area contributed by atoms with Gasteiger partial charge >= 0.3 is 5.97 Å². The molecule has 4 nitrogen and oxygen atoms in total. The first-order valence-corrected chi connectivity index (χ1v) is 4.35. The number of carbonyl (C=O) groups is 1. The second-order valence-corrected chi connectivity index (χ2v) is 2.73.